The maximum absolute atomic E-state index is 10.9. The quantitative estimate of drug-likeness (QED) is 0.632. The van der Waals surface area contributed by atoms with Crippen molar-refractivity contribution in [2.45, 2.75) is 13.5 Å². The molecule has 1 unspecified atom stereocenters. The van der Waals surface area contributed by atoms with E-state index in [9.17, 15) is 9.36 Å². The second-order valence-corrected chi connectivity index (χ2v) is 5.04. The number of carbonyl (C=O) groups is 1. The van der Waals surface area contributed by atoms with Crippen LogP contribution in [0.5, 0.6) is 0 Å². The van der Waals surface area contributed by atoms with Gasteiger partial charge in [0.05, 0.1) is 5.69 Å². The summed E-state index contributed by atoms with van der Waals surface area (Å²) in [5, 5.41) is 1.94. The highest BCUT2D eigenvalue weighted by Gasteiger charge is 2.19. The molecule has 1 rings (SSSR count). The van der Waals surface area contributed by atoms with Crippen molar-refractivity contribution in [3.8, 4) is 0 Å². The van der Waals surface area contributed by atoms with Crippen molar-refractivity contribution in [1.29, 1.82) is 0 Å². The third kappa shape index (κ3) is 3.81. The van der Waals surface area contributed by atoms with Crippen LogP contribution in [0.4, 0.5) is 0 Å². The number of ketones is 1. The highest BCUT2D eigenvalue weighted by atomic mass is 32.1. The van der Waals surface area contributed by atoms with E-state index in [0.717, 1.165) is 18.4 Å². The maximum atomic E-state index is 10.9. The summed E-state index contributed by atoms with van der Waals surface area (Å²) in [4.78, 5) is 23.7. The molecule has 0 aromatic carbocycles. The molecule has 0 aliphatic heterocycles. The molecule has 1 aromatic heterocycles. The molecule has 0 aliphatic carbocycles. The summed E-state index contributed by atoms with van der Waals surface area (Å²) in [6.45, 7) is 1.24. The summed E-state index contributed by atoms with van der Waals surface area (Å²) >= 11 is 1.16. The zero-order chi connectivity index (χ0) is 11.5. The fourth-order valence-electron chi connectivity index (χ4n) is 0.735. The summed E-state index contributed by atoms with van der Waals surface area (Å²) in [6, 6.07) is 0. The van der Waals surface area contributed by atoms with Crippen LogP contribution >= 0.6 is 19.2 Å². The molecule has 0 radical (unpaired) electrons. The van der Waals surface area contributed by atoms with Crippen LogP contribution in [-0.2, 0) is 20.2 Å². The molecule has 1 atom stereocenters. The van der Waals surface area contributed by atoms with Gasteiger partial charge in [-0.1, -0.05) is 0 Å². The van der Waals surface area contributed by atoms with Crippen LogP contribution in [0.1, 0.15) is 22.4 Å². The van der Waals surface area contributed by atoms with Gasteiger partial charge in [0.1, 0.15) is 6.61 Å². The Labute approximate surface area is 90.5 Å². The van der Waals surface area contributed by atoms with Gasteiger partial charge in [-0.3, -0.25) is 13.8 Å². The zero-order valence-corrected chi connectivity index (χ0v) is 9.88. The molecular weight excluding hydrogens is 241 g/mol. The maximum Gasteiger partial charge on any atom is 0.472 e. The molecule has 0 spiro atoms. The second-order valence-electron chi connectivity index (χ2n) is 2.62. The number of thiazole rings is 1. The van der Waals surface area contributed by atoms with Gasteiger partial charge < -0.3 is 4.89 Å². The minimum atomic E-state index is -3.97. The molecular formula is C7H10NO5PS. The number of Topliss-reactive ketones (excluding diaryl/α,β-unsaturated/α-hetero) is 1. The number of rotatable bonds is 5. The summed E-state index contributed by atoms with van der Waals surface area (Å²) in [7, 11) is -2.90. The fourth-order valence-corrected chi connectivity index (χ4v) is 1.84. The van der Waals surface area contributed by atoms with Gasteiger partial charge in [-0.2, -0.15) is 0 Å². The standard InChI is InChI=1S/C7H10NO5PS/c1-5(9)7-8-6(4-15-7)3-13-14(10,11)12-2/h4H,3H2,1-2H3,(H,10,11). The van der Waals surface area contributed by atoms with Crippen molar-refractivity contribution in [3.05, 3.63) is 16.1 Å². The van der Waals surface area contributed by atoms with E-state index in [-0.39, 0.29) is 12.4 Å². The normalized spacial score (nSPS) is 14.9. The molecule has 0 fully saturated rings. The Morgan fingerprint density at radius 2 is 2.40 bits per heavy atom. The molecule has 8 heteroatoms. The van der Waals surface area contributed by atoms with Crippen molar-refractivity contribution >= 4 is 24.9 Å². The van der Waals surface area contributed by atoms with Crippen LogP contribution in [0.25, 0.3) is 0 Å². The van der Waals surface area contributed by atoms with Gasteiger partial charge in [0.25, 0.3) is 0 Å². The van der Waals surface area contributed by atoms with Crippen molar-refractivity contribution in [2.24, 2.45) is 0 Å². The van der Waals surface area contributed by atoms with Gasteiger partial charge in [-0.05, 0) is 0 Å². The van der Waals surface area contributed by atoms with Crippen molar-refractivity contribution in [2.75, 3.05) is 7.11 Å². The molecule has 0 aliphatic rings. The molecule has 0 saturated carbocycles. The lowest BCUT2D eigenvalue weighted by Gasteiger charge is -2.06. The van der Waals surface area contributed by atoms with Crippen LogP contribution in [0, 0.1) is 0 Å². The molecule has 1 heterocycles. The largest absolute Gasteiger partial charge is 0.472 e. The predicted molar refractivity (Wildman–Crippen MR) is 53.7 cm³/mol. The Morgan fingerprint density at radius 1 is 1.73 bits per heavy atom. The van der Waals surface area contributed by atoms with E-state index in [1.807, 2.05) is 0 Å². The molecule has 0 amide bonds. The molecule has 15 heavy (non-hydrogen) atoms. The van der Waals surface area contributed by atoms with Gasteiger partial charge in [0.15, 0.2) is 10.8 Å². The lowest BCUT2D eigenvalue weighted by Crippen LogP contribution is -1.95. The van der Waals surface area contributed by atoms with E-state index in [2.05, 4.69) is 14.0 Å². The third-order valence-corrected chi connectivity index (χ3v) is 3.37. The first kappa shape index (κ1) is 12.5. The lowest BCUT2D eigenvalue weighted by molar-refractivity contribution is 0.101. The van der Waals surface area contributed by atoms with Gasteiger partial charge in [-0.25, -0.2) is 9.55 Å². The summed E-state index contributed by atoms with van der Waals surface area (Å²) < 4.78 is 19.7. The lowest BCUT2D eigenvalue weighted by atomic mass is 10.5. The van der Waals surface area contributed by atoms with Crippen molar-refractivity contribution in [3.63, 3.8) is 0 Å². The van der Waals surface area contributed by atoms with Gasteiger partial charge in [0.2, 0.25) is 0 Å². The number of aromatic nitrogens is 1. The van der Waals surface area contributed by atoms with Crippen LogP contribution in [-0.4, -0.2) is 22.8 Å². The van der Waals surface area contributed by atoms with Gasteiger partial charge >= 0.3 is 7.82 Å². The smallest absolute Gasteiger partial charge is 0.302 e. The number of nitrogens with zero attached hydrogens (tertiary/aromatic N) is 1. The molecule has 0 saturated heterocycles. The predicted octanol–water partition coefficient (Wildman–Crippen LogP) is 1.61. The van der Waals surface area contributed by atoms with E-state index >= 15 is 0 Å². The third-order valence-electron chi connectivity index (χ3n) is 1.46. The Hall–Kier alpha value is -0.590. The van der Waals surface area contributed by atoms with E-state index in [1.54, 1.807) is 5.38 Å². The van der Waals surface area contributed by atoms with E-state index in [1.165, 1.54) is 6.92 Å². The monoisotopic (exact) mass is 251 g/mol. The minimum absolute atomic E-state index is 0.148. The molecule has 1 N–H and O–H groups in total. The number of hydrogen-bond acceptors (Lipinski definition) is 6. The molecule has 0 bridgehead atoms. The Kier molecular flexibility index (Phi) is 4.12. The number of phosphoric ester groups is 1. The van der Waals surface area contributed by atoms with Crippen molar-refractivity contribution < 1.29 is 23.3 Å². The number of carbonyl (C=O) groups excluding carboxylic acids is 1. The Balaban J connectivity index is 2.59. The van der Waals surface area contributed by atoms with E-state index in [4.69, 9.17) is 4.89 Å². The Bertz CT molecular complexity index is 404. The fraction of sp³-hybridized carbons (Fsp3) is 0.429. The number of phosphoric acid groups is 1. The SMILES string of the molecule is COP(=O)(O)OCc1csc(C(C)=O)n1. The summed E-state index contributed by atoms with van der Waals surface area (Å²) in [6.07, 6.45) is 0. The first-order valence-electron chi connectivity index (χ1n) is 3.93. The average Bonchev–Trinajstić information content (AvgIpc) is 2.63. The molecule has 1 aromatic rings. The van der Waals surface area contributed by atoms with Crippen LogP contribution < -0.4 is 0 Å². The van der Waals surface area contributed by atoms with Crippen molar-refractivity contribution in [1.82, 2.24) is 4.98 Å². The second kappa shape index (κ2) is 4.96. The highest BCUT2D eigenvalue weighted by Crippen LogP contribution is 2.42. The summed E-state index contributed by atoms with van der Waals surface area (Å²) in [5.41, 5.74) is 0.427. The zero-order valence-electron chi connectivity index (χ0n) is 8.17. The Morgan fingerprint density at radius 3 is 2.87 bits per heavy atom. The summed E-state index contributed by atoms with van der Waals surface area (Å²) in [5.74, 6) is -0.148. The van der Waals surface area contributed by atoms with Gasteiger partial charge in [0, 0.05) is 19.4 Å². The van der Waals surface area contributed by atoms with Crippen LogP contribution in [0.3, 0.4) is 0 Å². The average molecular weight is 251 g/mol. The van der Waals surface area contributed by atoms with Crippen LogP contribution in [0.15, 0.2) is 5.38 Å². The highest BCUT2D eigenvalue weighted by molar-refractivity contribution is 7.47. The van der Waals surface area contributed by atoms with E-state index < -0.39 is 7.82 Å². The first-order chi connectivity index (χ1) is 6.94. The first-order valence-corrected chi connectivity index (χ1v) is 6.30. The van der Waals surface area contributed by atoms with Crippen LogP contribution in [0.2, 0.25) is 0 Å². The van der Waals surface area contributed by atoms with E-state index in [0.29, 0.717) is 10.7 Å². The molecule has 6 nitrogen and oxygen atoms in total. The topological polar surface area (TPSA) is 85.7 Å². The number of hydrogen-bond donors (Lipinski definition) is 1. The van der Waals surface area contributed by atoms with Gasteiger partial charge in [-0.15, -0.1) is 11.3 Å². The minimum Gasteiger partial charge on any atom is -0.302 e. The molecule has 84 valence electrons.